The van der Waals surface area contributed by atoms with Gasteiger partial charge in [-0.1, -0.05) is 36.4 Å². The van der Waals surface area contributed by atoms with Crippen LogP contribution in [-0.4, -0.2) is 42.1 Å². The smallest absolute Gasteiger partial charge is 0.410 e. The lowest BCUT2D eigenvalue weighted by Gasteiger charge is -2.36. The van der Waals surface area contributed by atoms with Gasteiger partial charge in [-0.2, -0.15) is 0 Å². The monoisotopic (exact) mass is 382 g/mol. The molecule has 4 rings (SSSR count). The summed E-state index contributed by atoms with van der Waals surface area (Å²) in [5.74, 6) is 0.777. The summed E-state index contributed by atoms with van der Waals surface area (Å²) in [6.45, 7) is 0. The van der Waals surface area contributed by atoms with Crippen molar-refractivity contribution in [2.45, 2.75) is 12.3 Å². The van der Waals surface area contributed by atoms with Gasteiger partial charge in [-0.25, -0.2) is 14.4 Å². The minimum Gasteiger partial charge on any atom is -0.410 e. The molecule has 2 aromatic rings. The zero-order valence-corrected chi connectivity index (χ0v) is 15.2. The van der Waals surface area contributed by atoms with Crippen LogP contribution in [0.5, 0.6) is 11.5 Å². The Kier molecular flexibility index (Phi) is 4.26. The third-order valence-electron chi connectivity index (χ3n) is 4.71. The molecule has 2 atom stereocenters. The van der Waals surface area contributed by atoms with Gasteiger partial charge < -0.3 is 20.1 Å². The average molecular weight is 382 g/mol. The van der Waals surface area contributed by atoms with Gasteiger partial charge in [0.15, 0.2) is 0 Å². The Morgan fingerprint density at radius 3 is 1.61 bits per heavy atom. The molecule has 2 N–H and O–H groups in total. The van der Waals surface area contributed by atoms with E-state index in [9.17, 15) is 14.4 Å². The van der Waals surface area contributed by atoms with E-state index in [1.807, 2.05) is 0 Å². The fourth-order valence-electron chi connectivity index (χ4n) is 3.20. The molecule has 2 aromatic carbocycles. The number of carbonyl (C=O) groups excluding carboxylic acids is 3. The van der Waals surface area contributed by atoms with Gasteiger partial charge in [0.25, 0.3) is 0 Å². The molecule has 28 heavy (non-hydrogen) atoms. The van der Waals surface area contributed by atoms with E-state index in [4.69, 9.17) is 9.47 Å². The fourth-order valence-corrected chi connectivity index (χ4v) is 3.20. The molecule has 0 fully saturated rings. The summed E-state index contributed by atoms with van der Waals surface area (Å²) < 4.78 is 10.5. The highest BCUT2D eigenvalue weighted by Gasteiger charge is 2.36. The first-order chi connectivity index (χ1) is 13.5. The molecule has 0 aliphatic carbocycles. The second kappa shape index (κ2) is 6.76. The number of nitrogens with one attached hydrogen (secondary N) is 2. The van der Waals surface area contributed by atoms with Gasteiger partial charge in [0.05, 0.1) is 0 Å². The van der Waals surface area contributed by atoms with Gasteiger partial charge in [-0.3, -0.25) is 9.80 Å². The van der Waals surface area contributed by atoms with Gasteiger partial charge in [-0.05, 0) is 12.1 Å². The number of nitrogens with zero attached hydrogens (tertiary/aromatic N) is 2. The maximum Gasteiger partial charge on any atom is 0.416 e. The Bertz CT molecular complexity index is 887. The van der Waals surface area contributed by atoms with Crippen LogP contribution in [-0.2, 0) is 0 Å². The molecule has 2 heterocycles. The molecular formula is C19H18N4O5. The quantitative estimate of drug-likeness (QED) is 0.832. The van der Waals surface area contributed by atoms with Crippen molar-refractivity contribution in [3.8, 4) is 11.5 Å². The number of ether oxygens (including phenoxy) is 2. The molecule has 0 spiro atoms. The van der Waals surface area contributed by atoms with Crippen LogP contribution in [0.15, 0.2) is 48.5 Å². The maximum absolute atomic E-state index is 12.7. The molecule has 2 unspecified atom stereocenters. The summed E-state index contributed by atoms with van der Waals surface area (Å²) in [6.07, 6.45) is -2.58. The first-order valence-electron chi connectivity index (χ1n) is 8.60. The SMILES string of the molecule is CN1C(=O)Oc2ccccc2C1NC(=O)NC1c2ccccc2OC(=O)N1C. The van der Waals surface area contributed by atoms with E-state index in [0.717, 1.165) is 0 Å². The lowest BCUT2D eigenvalue weighted by molar-refractivity contribution is 0.114. The lowest BCUT2D eigenvalue weighted by atomic mass is 10.1. The Labute approximate surface area is 160 Å². The Hall–Kier alpha value is -3.75. The van der Waals surface area contributed by atoms with Crippen molar-refractivity contribution >= 4 is 18.2 Å². The summed E-state index contributed by atoms with van der Waals surface area (Å²) in [6, 6.07) is 13.4. The Balaban J connectivity index is 1.57. The van der Waals surface area contributed by atoms with Crippen molar-refractivity contribution in [1.29, 1.82) is 0 Å². The minimum absolute atomic E-state index is 0.389. The topological polar surface area (TPSA) is 100 Å². The first kappa shape index (κ1) is 17.7. The average Bonchev–Trinajstić information content (AvgIpc) is 2.69. The number of rotatable bonds is 2. The molecule has 144 valence electrons. The van der Waals surface area contributed by atoms with Gasteiger partial charge in [0.1, 0.15) is 23.8 Å². The van der Waals surface area contributed by atoms with Crippen LogP contribution >= 0.6 is 0 Å². The summed E-state index contributed by atoms with van der Waals surface area (Å²) in [5.41, 5.74) is 1.30. The van der Waals surface area contributed by atoms with Crippen molar-refractivity contribution in [3.63, 3.8) is 0 Å². The summed E-state index contributed by atoms with van der Waals surface area (Å²) in [5, 5.41) is 5.53. The third kappa shape index (κ3) is 2.96. The number of para-hydroxylation sites is 2. The molecule has 0 aromatic heterocycles. The minimum atomic E-state index is -0.714. The van der Waals surface area contributed by atoms with E-state index >= 15 is 0 Å². The zero-order chi connectivity index (χ0) is 19.8. The molecule has 0 bridgehead atoms. The predicted molar refractivity (Wildman–Crippen MR) is 97.6 cm³/mol. The van der Waals surface area contributed by atoms with Gasteiger partial charge in [0.2, 0.25) is 0 Å². The second-order valence-corrected chi connectivity index (χ2v) is 6.46. The fraction of sp³-hybridized carbons (Fsp3) is 0.211. The lowest BCUT2D eigenvalue weighted by Crippen LogP contribution is -2.53. The molecule has 9 nitrogen and oxygen atoms in total. The van der Waals surface area contributed by atoms with Crippen molar-refractivity contribution < 1.29 is 23.9 Å². The van der Waals surface area contributed by atoms with Crippen molar-refractivity contribution in [2.75, 3.05) is 14.1 Å². The van der Waals surface area contributed by atoms with E-state index in [2.05, 4.69) is 10.6 Å². The van der Waals surface area contributed by atoms with Gasteiger partial charge in [0, 0.05) is 25.2 Å². The second-order valence-electron chi connectivity index (χ2n) is 6.46. The number of hydrogen-bond acceptors (Lipinski definition) is 5. The molecule has 2 aliphatic rings. The van der Waals surface area contributed by atoms with Crippen molar-refractivity contribution in [2.24, 2.45) is 0 Å². The number of hydrogen-bond donors (Lipinski definition) is 2. The summed E-state index contributed by atoms with van der Waals surface area (Å²) >= 11 is 0. The summed E-state index contributed by atoms with van der Waals surface area (Å²) in [4.78, 5) is 39.4. The van der Waals surface area contributed by atoms with Crippen molar-refractivity contribution in [1.82, 2.24) is 20.4 Å². The predicted octanol–water partition coefficient (Wildman–Crippen LogP) is 2.57. The number of fused-ring (bicyclic) bond motifs is 2. The number of urea groups is 1. The van der Waals surface area contributed by atoms with E-state index in [0.29, 0.717) is 22.6 Å². The highest BCUT2D eigenvalue weighted by atomic mass is 16.6. The van der Waals surface area contributed by atoms with Crippen LogP contribution < -0.4 is 20.1 Å². The van der Waals surface area contributed by atoms with Crippen LogP contribution in [0.4, 0.5) is 14.4 Å². The third-order valence-corrected chi connectivity index (χ3v) is 4.71. The highest BCUT2D eigenvalue weighted by Crippen LogP contribution is 2.34. The molecule has 4 amide bonds. The standard InChI is InChI=1S/C19H18N4O5/c1-22-15(11-7-3-5-9-13(11)27-18(22)25)20-17(24)21-16-12-8-4-6-10-14(12)28-19(26)23(16)2/h3-10,15-16H,1-2H3,(H2,20,21,24). The van der Waals surface area contributed by atoms with Gasteiger partial charge >= 0.3 is 18.2 Å². The van der Waals surface area contributed by atoms with Gasteiger partial charge in [-0.15, -0.1) is 0 Å². The van der Waals surface area contributed by atoms with Crippen LogP contribution in [0.25, 0.3) is 0 Å². The molecule has 0 radical (unpaired) electrons. The summed E-state index contributed by atoms with van der Waals surface area (Å²) in [7, 11) is 3.06. The number of amides is 4. The maximum atomic E-state index is 12.7. The Morgan fingerprint density at radius 1 is 0.786 bits per heavy atom. The molecule has 0 saturated carbocycles. The molecule has 9 heteroatoms. The van der Waals surface area contributed by atoms with E-state index < -0.39 is 30.5 Å². The van der Waals surface area contributed by atoms with E-state index in [-0.39, 0.29) is 0 Å². The Morgan fingerprint density at radius 2 is 1.18 bits per heavy atom. The van der Waals surface area contributed by atoms with Crippen LogP contribution in [0.1, 0.15) is 23.5 Å². The van der Waals surface area contributed by atoms with Crippen LogP contribution in [0, 0.1) is 0 Å². The van der Waals surface area contributed by atoms with E-state index in [1.54, 1.807) is 48.5 Å². The first-order valence-corrected chi connectivity index (χ1v) is 8.60. The molecular weight excluding hydrogens is 364 g/mol. The molecule has 0 saturated heterocycles. The zero-order valence-electron chi connectivity index (χ0n) is 15.2. The largest absolute Gasteiger partial charge is 0.416 e. The van der Waals surface area contributed by atoms with Crippen LogP contribution in [0.3, 0.4) is 0 Å². The van der Waals surface area contributed by atoms with E-state index in [1.165, 1.54) is 23.9 Å². The van der Waals surface area contributed by atoms with Crippen molar-refractivity contribution in [3.05, 3.63) is 59.7 Å². The highest BCUT2D eigenvalue weighted by molar-refractivity contribution is 5.80. The van der Waals surface area contributed by atoms with Crippen LogP contribution in [0.2, 0.25) is 0 Å². The normalized spacial score (nSPS) is 20.5. The number of carbonyl (C=O) groups is 3. The molecule has 2 aliphatic heterocycles. The number of benzene rings is 2.